The smallest absolute Gasteiger partial charge is 0.0692 e. The molecule has 0 atom stereocenters. The maximum atomic E-state index is 9.26. The summed E-state index contributed by atoms with van der Waals surface area (Å²) in [5, 5.41) is 9.26. The Bertz CT molecular complexity index is 499. The van der Waals surface area contributed by atoms with Crippen molar-refractivity contribution in [2.24, 2.45) is 5.73 Å². The van der Waals surface area contributed by atoms with Crippen LogP contribution in [-0.2, 0) is 13.2 Å². The van der Waals surface area contributed by atoms with Crippen LogP contribution in [0.3, 0.4) is 0 Å². The quantitative estimate of drug-likeness (QED) is 0.870. The van der Waals surface area contributed by atoms with Crippen molar-refractivity contribution in [3.8, 4) is 0 Å². The SMILES string of the molecule is NCc1cccc(Sc2ccccc2CO)c1. The van der Waals surface area contributed by atoms with Crippen molar-refractivity contribution >= 4 is 11.8 Å². The Labute approximate surface area is 105 Å². The third-order valence-electron chi connectivity index (χ3n) is 2.50. The van der Waals surface area contributed by atoms with Crippen LogP contribution >= 0.6 is 11.8 Å². The van der Waals surface area contributed by atoms with E-state index in [1.165, 1.54) is 0 Å². The van der Waals surface area contributed by atoms with Gasteiger partial charge in [-0.2, -0.15) is 0 Å². The van der Waals surface area contributed by atoms with Crippen LogP contribution in [0.2, 0.25) is 0 Å². The summed E-state index contributed by atoms with van der Waals surface area (Å²) in [4.78, 5) is 2.23. The van der Waals surface area contributed by atoms with Gasteiger partial charge in [-0.3, -0.25) is 0 Å². The fraction of sp³-hybridized carbons (Fsp3) is 0.143. The molecule has 0 bridgehead atoms. The third-order valence-corrected chi connectivity index (χ3v) is 3.61. The lowest BCUT2D eigenvalue weighted by Crippen LogP contribution is -1.95. The van der Waals surface area contributed by atoms with Crippen molar-refractivity contribution in [1.29, 1.82) is 0 Å². The molecule has 2 aromatic carbocycles. The van der Waals surface area contributed by atoms with E-state index in [0.717, 1.165) is 20.9 Å². The second kappa shape index (κ2) is 5.87. The molecule has 0 unspecified atom stereocenters. The van der Waals surface area contributed by atoms with Gasteiger partial charge >= 0.3 is 0 Å². The van der Waals surface area contributed by atoms with Crippen LogP contribution in [-0.4, -0.2) is 5.11 Å². The van der Waals surface area contributed by atoms with E-state index < -0.39 is 0 Å². The first-order valence-electron chi connectivity index (χ1n) is 5.49. The molecule has 2 nitrogen and oxygen atoms in total. The molecule has 3 N–H and O–H groups in total. The average Bonchev–Trinajstić information content (AvgIpc) is 2.39. The summed E-state index contributed by atoms with van der Waals surface area (Å²) >= 11 is 1.65. The summed E-state index contributed by atoms with van der Waals surface area (Å²) in [6.07, 6.45) is 0. The first kappa shape index (κ1) is 12.2. The Morgan fingerprint density at radius 1 is 1.06 bits per heavy atom. The molecule has 2 aromatic rings. The molecule has 0 aliphatic rings. The van der Waals surface area contributed by atoms with Crippen molar-refractivity contribution in [2.45, 2.75) is 22.9 Å². The summed E-state index contributed by atoms with van der Waals surface area (Å²) in [5.41, 5.74) is 7.69. The van der Waals surface area contributed by atoms with E-state index in [-0.39, 0.29) is 6.61 Å². The van der Waals surface area contributed by atoms with Gasteiger partial charge in [0.25, 0.3) is 0 Å². The molecule has 88 valence electrons. The molecule has 3 heteroatoms. The van der Waals surface area contributed by atoms with Crippen molar-refractivity contribution < 1.29 is 5.11 Å². The van der Waals surface area contributed by atoms with E-state index in [4.69, 9.17) is 5.73 Å². The number of benzene rings is 2. The second-order valence-corrected chi connectivity index (χ2v) is 4.83. The average molecular weight is 245 g/mol. The van der Waals surface area contributed by atoms with E-state index in [0.29, 0.717) is 6.54 Å². The summed E-state index contributed by atoms with van der Waals surface area (Å²) in [7, 11) is 0. The summed E-state index contributed by atoms with van der Waals surface area (Å²) < 4.78 is 0. The number of aliphatic hydroxyl groups is 1. The minimum Gasteiger partial charge on any atom is -0.392 e. The highest BCUT2D eigenvalue weighted by Crippen LogP contribution is 2.30. The largest absolute Gasteiger partial charge is 0.392 e. The van der Waals surface area contributed by atoms with Gasteiger partial charge in [-0.1, -0.05) is 42.1 Å². The Balaban J connectivity index is 2.24. The van der Waals surface area contributed by atoms with E-state index in [9.17, 15) is 5.11 Å². The van der Waals surface area contributed by atoms with Crippen molar-refractivity contribution in [3.63, 3.8) is 0 Å². The zero-order valence-corrected chi connectivity index (χ0v) is 10.3. The molecule has 0 aliphatic carbocycles. The number of aliphatic hydroxyl groups excluding tert-OH is 1. The fourth-order valence-electron chi connectivity index (χ4n) is 1.60. The molecule has 0 saturated heterocycles. The fourth-order valence-corrected chi connectivity index (χ4v) is 2.62. The lowest BCUT2D eigenvalue weighted by Gasteiger charge is -2.07. The molecule has 17 heavy (non-hydrogen) atoms. The van der Waals surface area contributed by atoms with Gasteiger partial charge in [-0.15, -0.1) is 0 Å². The molecule has 0 spiro atoms. The third kappa shape index (κ3) is 3.09. The Morgan fingerprint density at radius 2 is 1.88 bits per heavy atom. The predicted octanol–water partition coefficient (Wildman–Crippen LogP) is 2.79. The number of nitrogens with two attached hydrogens (primary N) is 1. The maximum Gasteiger partial charge on any atom is 0.0692 e. The second-order valence-electron chi connectivity index (χ2n) is 3.72. The zero-order chi connectivity index (χ0) is 12.1. The van der Waals surface area contributed by atoms with Crippen molar-refractivity contribution in [1.82, 2.24) is 0 Å². The summed E-state index contributed by atoms with van der Waals surface area (Å²) in [6, 6.07) is 16.0. The van der Waals surface area contributed by atoms with Crippen LogP contribution in [0.1, 0.15) is 11.1 Å². The molecule has 0 heterocycles. The zero-order valence-electron chi connectivity index (χ0n) is 9.47. The van der Waals surface area contributed by atoms with Gasteiger partial charge in [0.05, 0.1) is 6.61 Å². The first-order chi connectivity index (χ1) is 8.33. The van der Waals surface area contributed by atoms with Crippen LogP contribution in [0.25, 0.3) is 0 Å². The molecule has 0 radical (unpaired) electrons. The number of hydrogen-bond donors (Lipinski definition) is 2. The standard InChI is InChI=1S/C14H15NOS/c15-9-11-4-3-6-13(8-11)17-14-7-2-1-5-12(14)10-16/h1-8,16H,9-10,15H2. The topological polar surface area (TPSA) is 46.2 Å². The minimum atomic E-state index is 0.0692. The molecular formula is C14H15NOS. The van der Waals surface area contributed by atoms with Crippen LogP contribution in [0.5, 0.6) is 0 Å². The monoisotopic (exact) mass is 245 g/mol. The van der Waals surface area contributed by atoms with E-state index in [1.54, 1.807) is 11.8 Å². The van der Waals surface area contributed by atoms with Gasteiger partial charge in [0.15, 0.2) is 0 Å². The molecule has 0 fully saturated rings. The van der Waals surface area contributed by atoms with Crippen LogP contribution in [0, 0.1) is 0 Å². The predicted molar refractivity (Wildman–Crippen MR) is 70.8 cm³/mol. The lowest BCUT2D eigenvalue weighted by atomic mass is 10.2. The summed E-state index contributed by atoms with van der Waals surface area (Å²) in [5.74, 6) is 0. The molecule has 0 aliphatic heterocycles. The highest BCUT2D eigenvalue weighted by atomic mass is 32.2. The van der Waals surface area contributed by atoms with Gasteiger partial charge in [-0.25, -0.2) is 0 Å². The first-order valence-corrected chi connectivity index (χ1v) is 6.31. The number of rotatable bonds is 4. The van der Waals surface area contributed by atoms with E-state index >= 15 is 0 Å². The Kier molecular flexibility index (Phi) is 4.20. The lowest BCUT2D eigenvalue weighted by molar-refractivity contribution is 0.279. The van der Waals surface area contributed by atoms with Crippen LogP contribution < -0.4 is 5.73 Å². The Hall–Kier alpha value is -1.29. The van der Waals surface area contributed by atoms with E-state index in [2.05, 4.69) is 12.1 Å². The molecule has 0 aromatic heterocycles. The minimum absolute atomic E-state index is 0.0692. The molecule has 0 saturated carbocycles. The van der Waals surface area contributed by atoms with Gasteiger partial charge in [0, 0.05) is 16.3 Å². The van der Waals surface area contributed by atoms with Gasteiger partial charge in [0.2, 0.25) is 0 Å². The van der Waals surface area contributed by atoms with Crippen LogP contribution in [0.15, 0.2) is 58.3 Å². The maximum absolute atomic E-state index is 9.26. The summed E-state index contributed by atoms with van der Waals surface area (Å²) in [6.45, 7) is 0.621. The van der Waals surface area contributed by atoms with Crippen molar-refractivity contribution in [2.75, 3.05) is 0 Å². The molecular weight excluding hydrogens is 230 g/mol. The van der Waals surface area contributed by atoms with Gasteiger partial charge in [0.1, 0.15) is 0 Å². The van der Waals surface area contributed by atoms with Gasteiger partial charge < -0.3 is 10.8 Å². The van der Waals surface area contributed by atoms with Crippen molar-refractivity contribution in [3.05, 3.63) is 59.7 Å². The highest BCUT2D eigenvalue weighted by Gasteiger charge is 2.03. The highest BCUT2D eigenvalue weighted by molar-refractivity contribution is 7.99. The normalized spacial score (nSPS) is 10.5. The number of hydrogen-bond acceptors (Lipinski definition) is 3. The Morgan fingerprint density at radius 3 is 2.65 bits per heavy atom. The molecule has 2 rings (SSSR count). The molecule has 0 amide bonds. The van der Waals surface area contributed by atoms with Crippen LogP contribution in [0.4, 0.5) is 0 Å². The van der Waals surface area contributed by atoms with Gasteiger partial charge in [-0.05, 0) is 29.3 Å². The van der Waals surface area contributed by atoms with E-state index in [1.807, 2.05) is 36.4 Å².